The molecule has 1 saturated heterocycles. The highest BCUT2D eigenvalue weighted by molar-refractivity contribution is 5.84. The molecule has 1 aromatic heterocycles. The maximum absolute atomic E-state index is 11.7. The SMILES string of the molecule is Cn1cc(CCNC(=O)C2CNC2)c2ccccc21. The summed E-state index contributed by atoms with van der Waals surface area (Å²) in [5.74, 6) is 0.353. The van der Waals surface area contributed by atoms with Gasteiger partial charge in [-0.05, 0) is 18.1 Å². The van der Waals surface area contributed by atoms with Gasteiger partial charge < -0.3 is 15.2 Å². The number of carbonyl (C=O) groups is 1. The van der Waals surface area contributed by atoms with Gasteiger partial charge in [0.05, 0.1) is 5.92 Å². The first-order chi connectivity index (χ1) is 9.25. The molecule has 1 amide bonds. The Labute approximate surface area is 112 Å². The molecular formula is C15H19N3O. The molecule has 2 heterocycles. The number of aromatic nitrogens is 1. The van der Waals surface area contributed by atoms with E-state index in [2.05, 4.69) is 52.7 Å². The summed E-state index contributed by atoms with van der Waals surface area (Å²) in [6.45, 7) is 2.35. The van der Waals surface area contributed by atoms with E-state index in [0.29, 0.717) is 6.54 Å². The minimum atomic E-state index is 0.174. The molecule has 3 rings (SSSR count). The lowest BCUT2D eigenvalue weighted by Crippen LogP contribution is -2.51. The summed E-state index contributed by atoms with van der Waals surface area (Å²) in [4.78, 5) is 11.7. The summed E-state index contributed by atoms with van der Waals surface area (Å²) in [7, 11) is 2.06. The van der Waals surface area contributed by atoms with Crippen molar-refractivity contribution in [2.45, 2.75) is 6.42 Å². The van der Waals surface area contributed by atoms with Crippen LogP contribution < -0.4 is 10.6 Å². The van der Waals surface area contributed by atoms with Crippen molar-refractivity contribution in [1.29, 1.82) is 0 Å². The highest BCUT2D eigenvalue weighted by Gasteiger charge is 2.24. The highest BCUT2D eigenvalue weighted by Crippen LogP contribution is 2.20. The zero-order chi connectivity index (χ0) is 13.2. The molecule has 19 heavy (non-hydrogen) atoms. The number of nitrogens with one attached hydrogen (secondary N) is 2. The van der Waals surface area contributed by atoms with E-state index < -0.39 is 0 Å². The van der Waals surface area contributed by atoms with Crippen molar-refractivity contribution in [3.8, 4) is 0 Å². The van der Waals surface area contributed by atoms with Gasteiger partial charge in [0.25, 0.3) is 0 Å². The number of amides is 1. The Hall–Kier alpha value is -1.81. The Balaban J connectivity index is 1.63. The van der Waals surface area contributed by atoms with Crippen molar-refractivity contribution >= 4 is 16.8 Å². The van der Waals surface area contributed by atoms with Crippen LogP contribution in [-0.4, -0.2) is 30.1 Å². The zero-order valence-corrected chi connectivity index (χ0v) is 11.1. The molecule has 100 valence electrons. The van der Waals surface area contributed by atoms with Gasteiger partial charge in [-0.3, -0.25) is 4.79 Å². The number of aryl methyl sites for hydroxylation is 1. The summed E-state index contributed by atoms with van der Waals surface area (Å²) < 4.78 is 2.14. The normalized spacial score (nSPS) is 15.4. The smallest absolute Gasteiger partial charge is 0.225 e. The number of para-hydroxylation sites is 1. The fourth-order valence-corrected chi connectivity index (χ4v) is 2.56. The van der Waals surface area contributed by atoms with E-state index in [4.69, 9.17) is 0 Å². The molecule has 1 aliphatic rings. The minimum Gasteiger partial charge on any atom is -0.355 e. The number of carbonyl (C=O) groups excluding carboxylic acids is 1. The molecule has 1 aromatic carbocycles. The molecule has 0 aliphatic carbocycles. The third kappa shape index (κ3) is 2.36. The number of rotatable bonds is 4. The lowest BCUT2D eigenvalue weighted by molar-refractivity contribution is -0.126. The topological polar surface area (TPSA) is 46.1 Å². The summed E-state index contributed by atoms with van der Waals surface area (Å²) in [5.41, 5.74) is 2.54. The summed E-state index contributed by atoms with van der Waals surface area (Å²) in [6.07, 6.45) is 3.04. The van der Waals surface area contributed by atoms with Crippen LogP contribution in [-0.2, 0) is 18.3 Å². The number of nitrogens with zero attached hydrogens (tertiary/aromatic N) is 1. The van der Waals surface area contributed by atoms with Crippen molar-refractivity contribution in [3.63, 3.8) is 0 Å². The lowest BCUT2D eigenvalue weighted by atomic mass is 10.0. The van der Waals surface area contributed by atoms with Gasteiger partial charge in [0.15, 0.2) is 0 Å². The molecular weight excluding hydrogens is 238 g/mol. The van der Waals surface area contributed by atoms with E-state index in [1.807, 2.05) is 0 Å². The van der Waals surface area contributed by atoms with Gasteiger partial charge in [0, 0.05) is 43.8 Å². The van der Waals surface area contributed by atoms with E-state index in [-0.39, 0.29) is 11.8 Å². The number of benzene rings is 1. The molecule has 2 N–H and O–H groups in total. The Morgan fingerprint density at radius 2 is 2.21 bits per heavy atom. The Bertz CT molecular complexity index is 598. The molecule has 0 spiro atoms. The first-order valence-corrected chi connectivity index (χ1v) is 6.77. The van der Waals surface area contributed by atoms with Crippen LogP contribution in [0.5, 0.6) is 0 Å². The van der Waals surface area contributed by atoms with Gasteiger partial charge in [0.2, 0.25) is 5.91 Å². The molecule has 0 radical (unpaired) electrons. The first-order valence-electron chi connectivity index (χ1n) is 6.77. The van der Waals surface area contributed by atoms with E-state index >= 15 is 0 Å². The van der Waals surface area contributed by atoms with Gasteiger partial charge in [0.1, 0.15) is 0 Å². The monoisotopic (exact) mass is 257 g/mol. The Morgan fingerprint density at radius 3 is 2.95 bits per heavy atom. The molecule has 0 unspecified atom stereocenters. The molecule has 2 aromatic rings. The van der Waals surface area contributed by atoms with Crippen LogP contribution >= 0.6 is 0 Å². The van der Waals surface area contributed by atoms with Crippen molar-refractivity contribution in [2.75, 3.05) is 19.6 Å². The Kier molecular flexibility index (Phi) is 3.25. The maximum Gasteiger partial charge on any atom is 0.225 e. The average molecular weight is 257 g/mol. The number of hydrogen-bond donors (Lipinski definition) is 2. The van der Waals surface area contributed by atoms with Gasteiger partial charge in [-0.25, -0.2) is 0 Å². The average Bonchev–Trinajstić information content (AvgIpc) is 2.65. The Morgan fingerprint density at radius 1 is 1.42 bits per heavy atom. The van der Waals surface area contributed by atoms with Crippen molar-refractivity contribution in [2.24, 2.45) is 13.0 Å². The summed E-state index contributed by atoms with van der Waals surface area (Å²) in [5, 5.41) is 7.41. The second-order valence-corrected chi connectivity index (χ2v) is 5.18. The molecule has 4 heteroatoms. The van der Waals surface area contributed by atoms with Crippen LogP contribution in [0.3, 0.4) is 0 Å². The van der Waals surface area contributed by atoms with Crippen LogP contribution in [0.1, 0.15) is 5.56 Å². The molecule has 0 bridgehead atoms. The zero-order valence-electron chi connectivity index (χ0n) is 11.1. The number of hydrogen-bond acceptors (Lipinski definition) is 2. The van der Waals surface area contributed by atoms with E-state index in [0.717, 1.165) is 19.5 Å². The second kappa shape index (κ2) is 5.05. The summed E-state index contributed by atoms with van der Waals surface area (Å²) in [6, 6.07) is 8.38. The third-order valence-electron chi connectivity index (χ3n) is 3.83. The maximum atomic E-state index is 11.7. The fraction of sp³-hybridized carbons (Fsp3) is 0.400. The molecule has 1 fully saturated rings. The molecule has 1 aliphatic heterocycles. The summed E-state index contributed by atoms with van der Waals surface area (Å²) >= 11 is 0. The third-order valence-corrected chi connectivity index (χ3v) is 3.83. The van der Waals surface area contributed by atoms with E-state index in [1.165, 1.54) is 16.5 Å². The van der Waals surface area contributed by atoms with Crippen molar-refractivity contribution in [1.82, 2.24) is 15.2 Å². The van der Waals surface area contributed by atoms with Crippen molar-refractivity contribution in [3.05, 3.63) is 36.0 Å². The fourth-order valence-electron chi connectivity index (χ4n) is 2.56. The van der Waals surface area contributed by atoms with Gasteiger partial charge in [-0.2, -0.15) is 0 Å². The van der Waals surface area contributed by atoms with Gasteiger partial charge in [-0.1, -0.05) is 18.2 Å². The largest absolute Gasteiger partial charge is 0.355 e. The lowest BCUT2D eigenvalue weighted by Gasteiger charge is -2.25. The first kappa shape index (κ1) is 12.2. The standard InChI is InChI=1S/C15H19N3O/c1-18-10-11(13-4-2-3-5-14(13)18)6-7-17-15(19)12-8-16-9-12/h2-5,10,12,16H,6-9H2,1H3,(H,17,19). The van der Waals surface area contributed by atoms with Crippen LogP contribution in [0.2, 0.25) is 0 Å². The van der Waals surface area contributed by atoms with E-state index in [1.54, 1.807) is 0 Å². The van der Waals surface area contributed by atoms with Crippen LogP contribution in [0.25, 0.3) is 10.9 Å². The van der Waals surface area contributed by atoms with Gasteiger partial charge >= 0.3 is 0 Å². The highest BCUT2D eigenvalue weighted by atomic mass is 16.2. The predicted molar refractivity (Wildman–Crippen MR) is 76.0 cm³/mol. The van der Waals surface area contributed by atoms with E-state index in [9.17, 15) is 4.79 Å². The van der Waals surface area contributed by atoms with Gasteiger partial charge in [-0.15, -0.1) is 0 Å². The molecule has 4 nitrogen and oxygen atoms in total. The van der Waals surface area contributed by atoms with Crippen LogP contribution in [0.15, 0.2) is 30.5 Å². The van der Waals surface area contributed by atoms with Crippen molar-refractivity contribution < 1.29 is 4.79 Å². The van der Waals surface area contributed by atoms with Crippen LogP contribution in [0.4, 0.5) is 0 Å². The molecule has 0 saturated carbocycles. The quantitative estimate of drug-likeness (QED) is 0.860. The van der Waals surface area contributed by atoms with Crippen LogP contribution in [0, 0.1) is 5.92 Å². The second-order valence-electron chi connectivity index (χ2n) is 5.18. The predicted octanol–water partition coefficient (Wildman–Crippen LogP) is 1.06. The number of fused-ring (bicyclic) bond motifs is 1. The molecule has 0 atom stereocenters. The minimum absolute atomic E-state index is 0.174.